The fourth-order valence-electron chi connectivity index (χ4n) is 2.70. The van der Waals surface area contributed by atoms with Gasteiger partial charge < -0.3 is 15.6 Å². The van der Waals surface area contributed by atoms with E-state index in [1.807, 2.05) is 25.1 Å². The Bertz CT molecular complexity index is 491. The van der Waals surface area contributed by atoms with Crippen LogP contribution in [0.5, 0.6) is 5.75 Å². The number of rotatable bonds is 5. The molecule has 1 saturated heterocycles. The lowest BCUT2D eigenvalue weighted by atomic mass is 10.0. The Hall–Kier alpha value is -1.17. The second-order valence-corrected chi connectivity index (χ2v) is 5.86. The first-order chi connectivity index (χ1) is 9.51. The summed E-state index contributed by atoms with van der Waals surface area (Å²) in [5.74, 6) is 1.11. The Kier molecular flexibility index (Phi) is 4.96. The molecule has 0 aromatic heterocycles. The van der Waals surface area contributed by atoms with E-state index in [9.17, 15) is 5.11 Å². The lowest BCUT2D eigenvalue weighted by Gasteiger charge is -2.18. The third-order valence-electron chi connectivity index (χ3n) is 3.93. The molecule has 1 fully saturated rings. The highest BCUT2D eigenvalue weighted by atomic mass is 32.1. The van der Waals surface area contributed by atoms with Crippen LogP contribution in [0.2, 0.25) is 0 Å². The van der Waals surface area contributed by atoms with Gasteiger partial charge in [0.1, 0.15) is 10.7 Å². The molecule has 0 radical (unpaired) electrons. The summed E-state index contributed by atoms with van der Waals surface area (Å²) in [6.07, 6.45) is 0.825. The van der Waals surface area contributed by atoms with Crippen LogP contribution in [0.4, 0.5) is 0 Å². The van der Waals surface area contributed by atoms with Crippen molar-refractivity contribution < 1.29 is 9.84 Å². The number of nitrogens with zero attached hydrogens (tertiary/aromatic N) is 1. The molecule has 0 bridgehead atoms. The molecule has 2 rings (SSSR count). The molecular weight excluding hydrogens is 272 g/mol. The number of thiocarbonyl (C=S) groups is 1. The van der Waals surface area contributed by atoms with Crippen molar-refractivity contribution in [3.63, 3.8) is 0 Å². The topological polar surface area (TPSA) is 58.7 Å². The van der Waals surface area contributed by atoms with Gasteiger partial charge in [-0.15, -0.1) is 0 Å². The van der Waals surface area contributed by atoms with Crippen LogP contribution in [-0.2, 0) is 6.54 Å². The Morgan fingerprint density at radius 1 is 1.60 bits per heavy atom. The first kappa shape index (κ1) is 15.2. The molecule has 3 N–H and O–H groups in total. The van der Waals surface area contributed by atoms with Gasteiger partial charge in [0.15, 0.2) is 0 Å². The highest BCUT2D eigenvalue weighted by Gasteiger charge is 2.25. The lowest BCUT2D eigenvalue weighted by Crippen LogP contribution is -2.24. The number of likely N-dealkylation sites (tertiary alicyclic amines) is 1. The van der Waals surface area contributed by atoms with Crippen molar-refractivity contribution in [2.24, 2.45) is 11.7 Å². The molecule has 0 amide bonds. The second-order valence-electron chi connectivity index (χ2n) is 5.42. The summed E-state index contributed by atoms with van der Waals surface area (Å²) >= 11 is 5.01. The standard InChI is InChI=1S/C15H22N2O2S/c1-10(18)12-5-6-17(9-12)8-11-3-4-13(15(16)20)14(7-11)19-2/h3-4,7,10,12,18H,5-6,8-9H2,1-2H3,(H2,16,20). The van der Waals surface area contributed by atoms with E-state index < -0.39 is 0 Å². The molecule has 0 spiro atoms. The maximum Gasteiger partial charge on any atom is 0.129 e. The van der Waals surface area contributed by atoms with Crippen molar-refractivity contribution in [2.75, 3.05) is 20.2 Å². The minimum absolute atomic E-state index is 0.230. The highest BCUT2D eigenvalue weighted by Crippen LogP contribution is 2.24. The van der Waals surface area contributed by atoms with E-state index in [2.05, 4.69) is 4.90 Å². The summed E-state index contributed by atoms with van der Waals surface area (Å²) in [6, 6.07) is 5.94. The van der Waals surface area contributed by atoms with Gasteiger partial charge in [0.2, 0.25) is 0 Å². The summed E-state index contributed by atoms with van der Waals surface area (Å²) in [5.41, 5.74) is 7.62. The Morgan fingerprint density at radius 3 is 2.90 bits per heavy atom. The van der Waals surface area contributed by atoms with Crippen molar-refractivity contribution in [3.05, 3.63) is 29.3 Å². The average molecular weight is 294 g/mol. The van der Waals surface area contributed by atoms with Crippen molar-refractivity contribution in [1.82, 2.24) is 4.90 Å². The van der Waals surface area contributed by atoms with Crippen LogP contribution in [0.1, 0.15) is 24.5 Å². The molecule has 0 aliphatic carbocycles. The molecule has 1 aromatic rings. The van der Waals surface area contributed by atoms with Crippen molar-refractivity contribution >= 4 is 17.2 Å². The molecule has 0 saturated carbocycles. The van der Waals surface area contributed by atoms with Gasteiger partial charge in [-0.25, -0.2) is 0 Å². The second kappa shape index (κ2) is 6.52. The SMILES string of the molecule is COc1cc(CN2CCC(C(C)O)C2)ccc1C(N)=S. The predicted octanol–water partition coefficient (Wildman–Crippen LogP) is 1.53. The Balaban J connectivity index is 2.05. The zero-order valence-electron chi connectivity index (χ0n) is 12.0. The molecule has 1 aliphatic rings. The summed E-state index contributed by atoms with van der Waals surface area (Å²) in [7, 11) is 1.63. The van der Waals surface area contributed by atoms with Gasteiger partial charge >= 0.3 is 0 Å². The molecule has 1 aromatic carbocycles. The maximum absolute atomic E-state index is 9.64. The number of nitrogens with two attached hydrogens (primary N) is 1. The van der Waals surface area contributed by atoms with Crippen LogP contribution in [0.15, 0.2) is 18.2 Å². The summed E-state index contributed by atoms with van der Waals surface area (Å²) < 4.78 is 5.35. The number of aliphatic hydroxyl groups excluding tert-OH is 1. The smallest absolute Gasteiger partial charge is 0.129 e. The first-order valence-electron chi connectivity index (χ1n) is 6.88. The third-order valence-corrected chi connectivity index (χ3v) is 4.15. The number of aliphatic hydroxyl groups is 1. The molecule has 20 heavy (non-hydrogen) atoms. The minimum Gasteiger partial charge on any atom is -0.496 e. The molecule has 5 heteroatoms. The van der Waals surface area contributed by atoms with Gasteiger partial charge in [-0.05, 0) is 43.5 Å². The van der Waals surface area contributed by atoms with E-state index in [4.69, 9.17) is 22.7 Å². The van der Waals surface area contributed by atoms with E-state index in [-0.39, 0.29) is 6.10 Å². The maximum atomic E-state index is 9.64. The molecular formula is C15H22N2O2S. The molecule has 4 nitrogen and oxygen atoms in total. The van der Waals surface area contributed by atoms with Gasteiger partial charge in [-0.2, -0.15) is 0 Å². The minimum atomic E-state index is -0.230. The quantitative estimate of drug-likeness (QED) is 0.807. The normalized spacial score (nSPS) is 20.9. The van der Waals surface area contributed by atoms with Crippen LogP contribution < -0.4 is 10.5 Å². The highest BCUT2D eigenvalue weighted by molar-refractivity contribution is 7.80. The van der Waals surface area contributed by atoms with Crippen molar-refractivity contribution in [3.8, 4) is 5.75 Å². The summed E-state index contributed by atoms with van der Waals surface area (Å²) in [4.78, 5) is 2.70. The average Bonchev–Trinajstić information content (AvgIpc) is 2.87. The van der Waals surface area contributed by atoms with Gasteiger partial charge in [0.25, 0.3) is 0 Å². The Labute approximate surface area is 125 Å². The molecule has 2 unspecified atom stereocenters. The first-order valence-corrected chi connectivity index (χ1v) is 7.29. The number of ether oxygens (including phenoxy) is 1. The van der Waals surface area contributed by atoms with Crippen LogP contribution in [-0.4, -0.2) is 41.3 Å². The van der Waals surface area contributed by atoms with Crippen LogP contribution in [0.3, 0.4) is 0 Å². The number of benzene rings is 1. The fourth-order valence-corrected chi connectivity index (χ4v) is 2.86. The third kappa shape index (κ3) is 3.48. The number of methoxy groups -OCH3 is 1. The van der Waals surface area contributed by atoms with Crippen molar-refractivity contribution in [1.29, 1.82) is 0 Å². The largest absolute Gasteiger partial charge is 0.496 e. The van der Waals surface area contributed by atoms with E-state index in [0.29, 0.717) is 10.9 Å². The van der Waals surface area contributed by atoms with Crippen molar-refractivity contribution in [2.45, 2.75) is 26.0 Å². The number of hydrogen-bond donors (Lipinski definition) is 2. The number of hydrogen-bond acceptors (Lipinski definition) is 4. The van der Waals surface area contributed by atoms with Gasteiger partial charge in [-0.3, -0.25) is 4.90 Å². The van der Waals surface area contributed by atoms with Crippen LogP contribution in [0.25, 0.3) is 0 Å². The molecule has 1 heterocycles. The van der Waals surface area contributed by atoms with Crippen LogP contribution >= 0.6 is 12.2 Å². The van der Waals surface area contributed by atoms with E-state index in [1.165, 1.54) is 5.56 Å². The van der Waals surface area contributed by atoms with E-state index in [1.54, 1.807) is 7.11 Å². The zero-order valence-corrected chi connectivity index (χ0v) is 12.8. The molecule has 110 valence electrons. The van der Waals surface area contributed by atoms with Gasteiger partial charge in [0.05, 0.1) is 18.8 Å². The van der Waals surface area contributed by atoms with Gasteiger partial charge in [-0.1, -0.05) is 18.3 Å². The molecule has 2 atom stereocenters. The fraction of sp³-hybridized carbons (Fsp3) is 0.533. The predicted molar refractivity (Wildman–Crippen MR) is 83.9 cm³/mol. The van der Waals surface area contributed by atoms with Gasteiger partial charge in [0, 0.05) is 13.1 Å². The lowest BCUT2D eigenvalue weighted by molar-refractivity contribution is 0.127. The van der Waals surface area contributed by atoms with E-state index >= 15 is 0 Å². The van der Waals surface area contributed by atoms with E-state index in [0.717, 1.165) is 37.4 Å². The summed E-state index contributed by atoms with van der Waals surface area (Å²) in [6.45, 7) is 4.69. The molecule has 1 aliphatic heterocycles. The zero-order chi connectivity index (χ0) is 14.7. The Morgan fingerprint density at radius 2 is 2.35 bits per heavy atom. The summed E-state index contributed by atoms with van der Waals surface area (Å²) in [5, 5.41) is 9.64. The van der Waals surface area contributed by atoms with Crippen LogP contribution in [0, 0.1) is 5.92 Å². The monoisotopic (exact) mass is 294 g/mol.